The lowest BCUT2D eigenvalue weighted by molar-refractivity contribution is -0.149. The van der Waals surface area contributed by atoms with Gasteiger partial charge in [0.1, 0.15) is 12.9 Å². The molecule has 0 amide bonds. The number of hydrogen-bond acceptors (Lipinski definition) is 8. The third-order valence-electron chi connectivity index (χ3n) is 3.64. The Bertz CT molecular complexity index is 686. The number of rotatable bonds is 6. The van der Waals surface area contributed by atoms with Crippen LogP contribution in [-0.4, -0.2) is 54.2 Å². The van der Waals surface area contributed by atoms with Gasteiger partial charge in [0.15, 0.2) is 23.8 Å². The summed E-state index contributed by atoms with van der Waals surface area (Å²) < 4.78 is 15.1. The summed E-state index contributed by atoms with van der Waals surface area (Å²) in [6, 6.07) is 0. The second-order valence-corrected chi connectivity index (χ2v) is 5.53. The quantitative estimate of drug-likeness (QED) is 0.284. The molecule has 24 heavy (non-hydrogen) atoms. The molecule has 0 unspecified atom stereocenters. The number of ketones is 2. The van der Waals surface area contributed by atoms with Crippen molar-refractivity contribution >= 4 is 29.8 Å². The van der Waals surface area contributed by atoms with Crippen LogP contribution in [0.2, 0.25) is 0 Å². The first kappa shape index (κ1) is 17.7. The molecule has 2 aliphatic rings. The molecule has 1 aliphatic carbocycles. The van der Waals surface area contributed by atoms with Gasteiger partial charge in [0.2, 0.25) is 5.60 Å². The normalized spacial score (nSPS) is 26.9. The first-order chi connectivity index (χ1) is 11.2. The van der Waals surface area contributed by atoms with Gasteiger partial charge in [-0.3, -0.25) is 24.0 Å². The molecule has 1 saturated heterocycles. The second kappa shape index (κ2) is 6.48. The number of carbonyl (C=O) groups is 5. The van der Waals surface area contributed by atoms with Crippen molar-refractivity contribution in [3.05, 3.63) is 23.3 Å². The molecule has 0 saturated carbocycles. The molecule has 1 aliphatic heterocycles. The van der Waals surface area contributed by atoms with E-state index in [4.69, 9.17) is 14.2 Å². The maximum Gasteiger partial charge on any atom is 0.303 e. The Morgan fingerprint density at radius 2 is 1.96 bits per heavy atom. The fraction of sp³-hybridized carbons (Fsp3) is 0.438. The summed E-state index contributed by atoms with van der Waals surface area (Å²) in [6.45, 7) is 3.45. The standard InChI is InChI=1S/C16H16O8/c1-8(6-17)4-13(23-10(3)19)16-12(20)5-11(7-22-9(2)18)14(21)15(16)24-16/h4-6,13,15H,7H2,1-3H3/b8-4+/t13-,15-,16-/m1/s1. The molecule has 0 spiro atoms. The molecule has 1 heterocycles. The van der Waals surface area contributed by atoms with Crippen LogP contribution in [0.5, 0.6) is 0 Å². The number of aldehydes is 1. The van der Waals surface area contributed by atoms with Gasteiger partial charge in [-0.25, -0.2) is 0 Å². The van der Waals surface area contributed by atoms with Gasteiger partial charge in [-0.1, -0.05) is 0 Å². The summed E-state index contributed by atoms with van der Waals surface area (Å²) in [5, 5.41) is 0. The Morgan fingerprint density at radius 1 is 1.29 bits per heavy atom. The monoisotopic (exact) mass is 336 g/mol. The minimum Gasteiger partial charge on any atom is -0.461 e. The molecule has 0 aromatic heterocycles. The van der Waals surface area contributed by atoms with Crippen LogP contribution in [0.15, 0.2) is 23.3 Å². The minimum atomic E-state index is -1.66. The van der Waals surface area contributed by atoms with Crippen LogP contribution in [0.1, 0.15) is 20.8 Å². The molecule has 8 heteroatoms. The minimum absolute atomic E-state index is 0.00555. The fourth-order valence-corrected chi connectivity index (χ4v) is 2.46. The third-order valence-corrected chi connectivity index (χ3v) is 3.64. The lowest BCUT2D eigenvalue weighted by atomic mass is 9.83. The van der Waals surface area contributed by atoms with E-state index in [1.165, 1.54) is 19.9 Å². The summed E-state index contributed by atoms with van der Waals surface area (Å²) in [5.74, 6) is -2.39. The molecule has 0 aromatic carbocycles. The molecule has 128 valence electrons. The summed E-state index contributed by atoms with van der Waals surface area (Å²) in [6.07, 6.45) is 0.482. The molecule has 0 bridgehead atoms. The Morgan fingerprint density at radius 3 is 2.50 bits per heavy atom. The van der Waals surface area contributed by atoms with Gasteiger partial charge in [0, 0.05) is 19.4 Å². The van der Waals surface area contributed by atoms with Crippen molar-refractivity contribution in [3.63, 3.8) is 0 Å². The van der Waals surface area contributed by atoms with E-state index < -0.39 is 41.3 Å². The van der Waals surface area contributed by atoms with Crippen molar-refractivity contribution in [1.29, 1.82) is 0 Å². The zero-order valence-electron chi connectivity index (χ0n) is 13.4. The average Bonchev–Trinajstić information content (AvgIpc) is 3.25. The molecule has 0 radical (unpaired) electrons. The van der Waals surface area contributed by atoms with Crippen LogP contribution in [0, 0.1) is 0 Å². The average molecular weight is 336 g/mol. The fourth-order valence-electron chi connectivity index (χ4n) is 2.46. The molecule has 0 aromatic rings. The molecule has 1 fully saturated rings. The zero-order valence-corrected chi connectivity index (χ0v) is 13.4. The number of allylic oxidation sites excluding steroid dienone is 1. The number of hydrogen-bond donors (Lipinski definition) is 0. The van der Waals surface area contributed by atoms with Crippen molar-refractivity contribution in [2.24, 2.45) is 0 Å². The van der Waals surface area contributed by atoms with Crippen molar-refractivity contribution in [2.45, 2.75) is 38.6 Å². The lowest BCUT2D eigenvalue weighted by Gasteiger charge is -2.22. The Hall–Kier alpha value is -2.61. The summed E-state index contributed by atoms with van der Waals surface area (Å²) in [7, 11) is 0. The predicted octanol–water partition coefficient (Wildman–Crippen LogP) is -0.158. The van der Waals surface area contributed by atoms with E-state index in [-0.39, 0.29) is 17.8 Å². The predicted molar refractivity (Wildman–Crippen MR) is 77.7 cm³/mol. The highest BCUT2D eigenvalue weighted by atomic mass is 16.7. The van der Waals surface area contributed by atoms with E-state index in [0.29, 0.717) is 6.29 Å². The highest BCUT2D eigenvalue weighted by Crippen LogP contribution is 2.47. The maximum atomic E-state index is 12.4. The van der Waals surface area contributed by atoms with Gasteiger partial charge in [0.05, 0.1) is 0 Å². The van der Waals surface area contributed by atoms with Gasteiger partial charge in [0.25, 0.3) is 0 Å². The van der Waals surface area contributed by atoms with E-state index in [2.05, 4.69) is 0 Å². The topological polar surface area (TPSA) is 116 Å². The summed E-state index contributed by atoms with van der Waals surface area (Å²) in [5.41, 5.74) is -1.43. The van der Waals surface area contributed by atoms with Crippen molar-refractivity contribution in [2.75, 3.05) is 6.61 Å². The number of carbonyl (C=O) groups excluding carboxylic acids is 5. The summed E-state index contributed by atoms with van der Waals surface area (Å²) in [4.78, 5) is 57.7. The van der Waals surface area contributed by atoms with E-state index in [1.54, 1.807) is 0 Å². The first-order valence-corrected chi connectivity index (χ1v) is 7.13. The molecular formula is C16H16O8. The van der Waals surface area contributed by atoms with Crippen LogP contribution in [-0.2, 0) is 38.2 Å². The highest BCUT2D eigenvalue weighted by Gasteiger charge is 2.72. The van der Waals surface area contributed by atoms with Crippen molar-refractivity contribution < 1.29 is 38.2 Å². The van der Waals surface area contributed by atoms with E-state index in [0.717, 1.165) is 13.0 Å². The molecule has 0 N–H and O–H groups in total. The van der Waals surface area contributed by atoms with Gasteiger partial charge in [-0.15, -0.1) is 0 Å². The Kier molecular flexibility index (Phi) is 4.79. The van der Waals surface area contributed by atoms with Crippen LogP contribution in [0.25, 0.3) is 0 Å². The van der Waals surface area contributed by atoms with Crippen molar-refractivity contribution in [1.82, 2.24) is 0 Å². The Balaban J connectivity index is 2.32. The number of fused-ring (bicyclic) bond motifs is 1. The van der Waals surface area contributed by atoms with Crippen molar-refractivity contribution in [3.8, 4) is 0 Å². The second-order valence-electron chi connectivity index (χ2n) is 5.53. The first-order valence-electron chi connectivity index (χ1n) is 7.13. The van der Waals surface area contributed by atoms with Crippen LogP contribution in [0.3, 0.4) is 0 Å². The van der Waals surface area contributed by atoms with E-state index in [9.17, 15) is 24.0 Å². The number of Topliss-reactive ketones (excluding diaryl/α,β-unsaturated/α-hetero) is 1. The van der Waals surface area contributed by atoms with Crippen LogP contribution >= 0.6 is 0 Å². The molecule has 2 rings (SSSR count). The van der Waals surface area contributed by atoms with Crippen LogP contribution < -0.4 is 0 Å². The summed E-state index contributed by atoms with van der Waals surface area (Å²) >= 11 is 0. The number of epoxide rings is 1. The number of esters is 2. The smallest absolute Gasteiger partial charge is 0.303 e. The highest BCUT2D eigenvalue weighted by molar-refractivity contribution is 6.19. The third kappa shape index (κ3) is 3.18. The van der Waals surface area contributed by atoms with Gasteiger partial charge >= 0.3 is 11.9 Å². The number of ether oxygens (including phenoxy) is 3. The molecule has 8 nitrogen and oxygen atoms in total. The molecule has 3 atom stereocenters. The lowest BCUT2D eigenvalue weighted by Crippen LogP contribution is -2.46. The SMILES string of the molecule is CC(=O)OCC1=CC(=O)[C@]2([C@@H](/C=C(\C)C=O)OC(C)=O)O[C@@H]2C1=O. The maximum absolute atomic E-state index is 12.4. The van der Waals surface area contributed by atoms with Gasteiger partial charge in [-0.2, -0.15) is 0 Å². The zero-order chi connectivity index (χ0) is 18.1. The van der Waals surface area contributed by atoms with E-state index in [1.807, 2.05) is 0 Å². The Labute approximate surface area is 137 Å². The molecular weight excluding hydrogens is 320 g/mol. The largest absolute Gasteiger partial charge is 0.461 e. The van der Waals surface area contributed by atoms with Gasteiger partial charge in [-0.05, 0) is 24.6 Å². The van der Waals surface area contributed by atoms with E-state index >= 15 is 0 Å². The van der Waals surface area contributed by atoms with Gasteiger partial charge < -0.3 is 14.2 Å². The van der Waals surface area contributed by atoms with Crippen LogP contribution in [0.4, 0.5) is 0 Å².